The monoisotopic (exact) mass is 457 g/mol. The second kappa shape index (κ2) is 9.90. The standard InChI is InChI=1S/C29H31NO4/c1-4-27-24-17-21(9-10-22(24)23-13-15-30-18-28(23)34-27)25(31)11-8-19-6-5-7-20(16-19)26(32)12-14-29(2,3)33/h5-7,9-10,13,15-18,27,33H,4,8,11-12,14H2,1-3H3. The number of hydrogen-bond donors (Lipinski definition) is 1. The van der Waals surface area contributed by atoms with Gasteiger partial charge in [-0.25, -0.2) is 0 Å². The molecule has 5 nitrogen and oxygen atoms in total. The Balaban J connectivity index is 1.46. The van der Waals surface area contributed by atoms with E-state index < -0.39 is 5.60 Å². The van der Waals surface area contributed by atoms with Crippen molar-refractivity contribution in [3.63, 3.8) is 0 Å². The minimum absolute atomic E-state index is 0.00563. The second-order valence-electron chi connectivity index (χ2n) is 9.55. The molecular formula is C29H31NO4. The highest BCUT2D eigenvalue weighted by Crippen LogP contribution is 2.43. The zero-order valence-corrected chi connectivity index (χ0v) is 20.0. The summed E-state index contributed by atoms with van der Waals surface area (Å²) in [5, 5.41) is 9.88. The summed E-state index contributed by atoms with van der Waals surface area (Å²) in [4.78, 5) is 29.7. The van der Waals surface area contributed by atoms with Crippen molar-refractivity contribution in [1.29, 1.82) is 0 Å². The Bertz CT molecular complexity index is 1210. The summed E-state index contributed by atoms with van der Waals surface area (Å²) in [6.45, 7) is 5.47. The molecule has 0 saturated carbocycles. The maximum Gasteiger partial charge on any atom is 0.163 e. The first-order valence-corrected chi connectivity index (χ1v) is 11.9. The van der Waals surface area contributed by atoms with Crippen LogP contribution in [-0.4, -0.2) is 27.3 Å². The Morgan fingerprint density at radius 1 is 1.00 bits per heavy atom. The fourth-order valence-electron chi connectivity index (χ4n) is 4.33. The van der Waals surface area contributed by atoms with E-state index in [2.05, 4.69) is 11.9 Å². The largest absolute Gasteiger partial charge is 0.483 e. The predicted octanol–water partition coefficient (Wildman–Crippen LogP) is 6.14. The summed E-state index contributed by atoms with van der Waals surface area (Å²) in [5.74, 6) is 0.848. The van der Waals surface area contributed by atoms with Gasteiger partial charge in [-0.2, -0.15) is 0 Å². The summed E-state index contributed by atoms with van der Waals surface area (Å²) >= 11 is 0. The molecule has 0 fully saturated rings. The molecular weight excluding hydrogens is 426 g/mol. The van der Waals surface area contributed by atoms with E-state index in [4.69, 9.17) is 4.74 Å². The van der Waals surface area contributed by atoms with Crippen molar-refractivity contribution in [2.45, 2.75) is 64.6 Å². The zero-order chi connectivity index (χ0) is 24.3. The fourth-order valence-corrected chi connectivity index (χ4v) is 4.33. The molecule has 4 rings (SSSR count). The van der Waals surface area contributed by atoms with E-state index in [0.717, 1.165) is 34.4 Å². The lowest BCUT2D eigenvalue weighted by Gasteiger charge is -2.28. The van der Waals surface area contributed by atoms with Gasteiger partial charge in [0.05, 0.1) is 11.8 Å². The van der Waals surface area contributed by atoms with Gasteiger partial charge in [0.1, 0.15) is 11.9 Å². The first-order valence-electron chi connectivity index (χ1n) is 11.9. The molecule has 1 aliphatic heterocycles. The number of Topliss-reactive ketones (excluding diaryl/α,β-unsaturated/α-hetero) is 2. The van der Waals surface area contributed by atoms with Gasteiger partial charge in [-0.15, -0.1) is 0 Å². The Morgan fingerprint density at radius 2 is 1.76 bits per heavy atom. The van der Waals surface area contributed by atoms with E-state index in [-0.39, 0.29) is 17.7 Å². The molecule has 0 amide bonds. The third-order valence-corrected chi connectivity index (χ3v) is 6.29. The molecule has 0 bridgehead atoms. The van der Waals surface area contributed by atoms with Gasteiger partial charge in [0.2, 0.25) is 0 Å². The number of nitrogens with zero attached hydrogens (tertiary/aromatic N) is 1. The first kappa shape index (κ1) is 23.8. The van der Waals surface area contributed by atoms with Crippen LogP contribution in [0.5, 0.6) is 5.75 Å². The fraction of sp³-hybridized carbons (Fsp3) is 0.345. The maximum atomic E-state index is 13.0. The topological polar surface area (TPSA) is 76.5 Å². The number of aliphatic hydroxyl groups is 1. The van der Waals surface area contributed by atoms with Crippen molar-refractivity contribution in [3.8, 4) is 16.9 Å². The average molecular weight is 458 g/mol. The van der Waals surface area contributed by atoms with Crippen LogP contribution in [0.15, 0.2) is 60.9 Å². The molecule has 2 aromatic carbocycles. The molecule has 3 aromatic rings. The molecule has 34 heavy (non-hydrogen) atoms. The Hall–Kier alpha value is -3.31. The Morgan fingerprint density at radius 3 is 2.53 bits per heavy atom. The maximum absolute atomic E-state index is 13.0. The lowest BCUT2D eigenvalue weighted by atomic mass is 9.89. The van der Waals surface area contributed by atoms with Crippen molar-refractivity contribution in [1.82, 2.24) is 4.98 Å². The van der Waals surface area contributed by atoms with E-state index in [0.29, 0.717) is 36.8 Å². The quantitative estimate of drug-likeness (QED) is 0.391. The second-order valence-corrected chi connectivity index (χ2v) is 9.55. The zero-order valence-electron chi connectivity index (χ0n) is 20.0. The lowest BCUT2D eigenvalue weighted by Crippen LogP contribution is -2.19. The molecule has 1 aliphatic rings. The van der Waals surface area contributed by atoms with Crippen LogP contribution in [0.25, 0.3) is 11.1 Å². The van der Waals surface area contributed by atoms with Crippen molar-refractivity contribution in [2.75, 3.05) is 0 Å². The molecule has 1 aromatic heterocycles. The summed E-state index contributed by atoms with van der Waals surface area (Å²) in [5.41, 5.74) is 4.51. The summed E-state index contributed by atoms with van der Waals surface area (Å²) in [7, 11) is 0. The molecule has 176 valence electrons. The Kier molecular flexibility index (Phi) is 6.94. The number of aryl methyl sites for hydroxylation is 1. The lowest BCUT2D eigenvalue weighted by molar-refractivity contribution is 0.0633. The highest BCUT2D eigenvalue weighted by molar-refractivity contribution is 5.98. The van der Waals surface area contributed by atoms with Crippen LogP contribution in [-0.2, 0) is 6.42 Å². The molecule has 0 saturated heterocycles. The minimum atomic E-state index is -0.866. The third kappa shape index (κ3) is 5.42. The molecule has 1 atom stereocenters. The number of pyridine rings is 1. The van der Waals surface area contributed by atoms with Crippen LogP contribution in [0.3, 0.4) is 0 Å². The van der Waals surface area contributed by atoms with Crippen LogP contribution < -0.4 is 4.74 Å². The van der Waals surface area contributed by atoms with Gasteiger partial charge in [-0.3, -0.25) is 14.6 Å². The number of ketones is 2. The van der Waals surface area contributed by atoms with E-state index in [1.54, 1.807) is 32.3 Å². The summed E-state index contributed by atoms with van der Waals surface area (Å²) in [6.07, 6.45) is 5.81. The minimum Gasteiger partial charge on any atom is -0.483 e. The molecule has 0 aliphatic carbocycles. The van der Waals surface area contributed by atoms with Gasteiger partial charge in [-0.1, -0.05) is 37.3 Å². The number of rotatable bonds is 9. The Labute approximate surface area is 200 Å². The van der Waals surface area contributed by atoms with Crippen LogP contribution in [0.4, 0.5) is 0 Å². The van der Waals surface area contributed by atoms with Gasteiger partial charge < -0.3 is 9.84 Å². The molecule has 0 radical (unpaired) electrons. The van der Waals surface area contributed by atoms with Gasteiger partial charge in [0, 0.05) is 41.3 Å². The number of fused-ring (bicyclic) bond motifs is 3. The molecule has 1 unspecified atom stereocenters. The van der Waals surface area contributed by atoms with Gasteiger partial charge in [0.15, 0.2) is 11.6 Å². The van der Waals surface area contributed by atoms with E-state index in [1.165, 1.54) is 0 Å². The summed E-state index contributed by atoms with van der Waals surface area (Å²) in [6, 6.07) is 15.3. The van der Waals surface area contributed by atoms with Gasteiger partial charge in [-0.05, 0) is 62.4 Å². The number of ether oxygens (including phenoxy) is 1. The molecule has 1 N–H and O–H groups in total. The number of benzene rings is 2. The highest BCUT2D eigenvalue weighted by Gasteiger charge is 2.26. The normalized spacial score (nSPS) is 14.6. The predicted molar refractivity (Wildman–Crippen MR) is 132 cm³/mol. The number of carbonyl (C=O) groups excluding carboxylic acids is 2. The van der Waals surface area contributed by atoms with Crippen molar-refractivity contribution in [2.24, 2.45) is 0 Å². The first-order chi connectivity index (χ1) is 16.2. The highest BCUT2D eigenvalue weighted by atomic mass is 16.5. The van der Waals surface area contributed by atoms with Crippen molar-refractivity contribution in [3.05, 3.63) is 83.2 Å². The average Bonchev–Trinajstić information content (AvgIpc) is 2.84. The van der Waals surface area contributed by atoms with E-state index in [1.807, 2.05) is 42.5 Å². The summed E-state index contributed by atoms with van der Waals surface area (Å²) < 4.78 is 6.13. The molecule has 5 heteroatoms. The van der Waals surface area contributed by atoms with Crippen LogP contribution in [0, 0.1) is 0 Å². The van der Waals surface area contributed by atoms with Crippen LogP contribution in [0.1, 0.15) is 84.4 Å². The number of aromatic nitrogens is 1. The number of hydrogen-bond acceptors (Lipinski definition) is 5. The van der Waals surface area contributed by atoms with Crippen LogP contribution >= 0.6 is 0 Å². The van der Waals surface area contributed by atoms with E-state index >= 15 is 0 Å². The van der Waals surface area contributed by atoms with E-state index in [9.17, 15) is 14.7 Å². The van der Waals surface area contributed by atoms with Crippen LogP contribution in [0.2, 0.25) is 0 Å². The SMILES string of the molecule is CCC1Oc2cnccc2-c2ccc(C(=O)CCc3cccc(C(=O)CCC(C)(C)O)c3)cc21. The van der Waals surface area contributed by atoms with Gasteiger partial charge >= 0.3 is 0 Å². The number of carbonyl (C=O) groups is 2. The molecule has 0 spiro atoms. The van der Waals surface area contributed by atoms with Gasteiger partial charge in [0.25, 0.3) is 0 Å². The van der Waals surface area contributed by atoms with Crippen molar-refractivity contribution < 1.29 is 19.4 Å². The smallest absolute Gasteiger partial charge is 0.163 e. The third-order valence-electron chi connectivity index (χ3n) is 6.29. The molecule has 2 heterocycles. The van der Waals surface area contributed by atoms with Crippen molar-refractivity contribution >= 4 is 11.6 Å².